The molecular formula is C22H24ClN5O2S. The molecule has 0 spiro atoms. The van der Waals surface area contributed by atoms with Gasteiger partial charge in [0.05, 0.1) is 22.4 Å². The smallest absolute Gasteiger partial charge is 0.253 e. The van der Waals surface area contributed by atoms with Crippen LogP contribution in [0.3, 0.4) is 0 Å². The van der Waals surface area contributed by atoms with Crippen molar-refractivity contribution in [2.75, 3.05) is 11.1 Å². The molecule has 3 rings (SSSR count). The quantitative estimate of drug-likeness (QED) is 0.493. The molecule has 0 aliphatic carbocycles. The first-order valence-electron chi connectivity index (χ1n) is 9.86. The van der Waals surface area contributed by atoms with E-state index in [0.717, 1.165) is 17.7 Å². The van der Waals surface area contributed by atoms with Gasteiger partial charge in [-0.15, -0.1) is 10.2 Å². The van der Waals surface area contributed by atoms with E-state index in [4.69, 9.17) is 11.6 Å². The van der Waals surface area contributed by atoms with Crippen LogP contribution in [0.2, 0.25) is 5.02 Å². The number of nitrogens with one attached hydrogen (secondary N) is 2. The van der Waals surface area contributed by atoms with E-state index in [9.17, 15) is 9.59 Å². The van der Waals surface area contributed by atoms with Crippen LogP contribution >= 0.6 is 23.4 Å². The number of carbonyl (C=O) groups is 2. The molecule has 162 valence electrons. The van der Waals surface area contributed by atoms with Crippen LogP contribution in [0, 0.1) is 0 Å². The fraction of sp³-hybridized carbons (Fsp3) is 0.273. The first-order valence-corrected chi connectivity index (χ1v) is 11.2. The normalized spacial score (nSPS) is 11.7. The van der Waals surface area contributed by atoms with Crippen molar-refractivity contribution < 1.29 is 9.59 Å². The highest BCUT2D eigenvalue weighted by Gasteiger charge is 2.20. The molecule has 0 unspecified atom stereocenters. The predicted molar refractivity (Wildman–Crippen MR) is 124 cm³/mol. The van der Waals surface area contributed by atoms with Crippen LogP contribution in [0.1, 0.15) is 41.6 Å². The molecule has 2 aromatic carbocycles. The number of carbonyl (C=O) groups excluding carboxylic acids is 2. The van der Waals surface area contributed by atoms with Gasteiger partial charge in [-0.3, -0.25) is 9.59 Å². The number of hydrogen-bond acceptors (Lipinski definition) is 5. The number of halogens is 1. The molecule has 0 saturated carbocycles. The van der Waals surface area contributed by atoms with E-state index in [1.54, 1.807) is 35.9 Å². The van der Waals surface area contributed by atoms with Gasteiger partial charge in [0.1, 0.15) is 0 Å². The van der Waals surface area contributed by atoms with E-state index in [0.29, 0.717) is 21.6 Å². The molecule has 31 heavy (non-hydrogen) atoms. The van der Waals surface area contributed by atoms with Gasteiger partial charge in [-0.25, -0.2) is 0 Å². The maximum absolute atomic E-state index is 12.5. The molecule has 1 heterocycles. The first kappa shape index (κ1) is 22.8. The van der Waals surface area contributed by atoms with Gasteiger partial charge < -0.3 is 15.2 Å². The summed E-state index contributed by atoms with van der Waals surface area (Å²) in [5.74, 6) is 0.379. The van der Waals surface area contributed by atoms with E-state index in [1.807, 2.05) is 38.1 Å². The number of aromatic nitrogens is 3. The molecule has 0 bridgehead atoms. The molecule has 1 aromatic heterocycles. The summed E-state index contributed by atoms with van der Waals surface area (Å²) < 4.78 is 1.77. The van der Waals surface area contributed by atoms with Crippen LogP contribution in [-0.4, -0.2) is 32.3 Å². The Morgan fingerprint density at radius 2 is 1.84 bits per heavy atom. The minimum absolute atomic E-state index is 0.115. The molecule has 2 amide bonds. The summed E-state index contributed by atoms with van der Waals surface area (Å²) in [7, 11) is 1.81. The van der Waals surface area contributed by atoms with E-state index < -0.39 is 0 Å². The first-order chi connectivity index (χ1) is 14.9. The van der Waals surface area contributed by atoms with Gasteiger partial charge >= 0.3 is 0 Å². The van der Waals surface area contributed by atoms with Gasteiger partial charge in [0.2, 0.25) is 5.91 Å². The minimum Gasteiger partial charge on any atom is -0.342 e. The highest BCUT2D eigenvalue weighted by Crippen LogP contribution is 2.22. The molecule has 3 aromatic rings. The number of rotatable bonds is 8. The third-order valence-electron chi connectivity index (χ3n) is 4.73. The number of para-hydroxylation sites is 1. The number of amides is 2. The number of anilines is 1. The zero-order valence-corrected chi connectivity index (χ0v) is 19.1. The Hall–Kier alpha value is -2.84. The summed E-state index contributed by atoms with van der Waals surface area (Å²) in [6.45, 7) is 3.87. The van der Waals surface area contributed by atoms with Crippen molar-refractivity contribution in [2.45, 2.75) is 31.5 Å². The SMILES string of the molecule is CCc1ccccc1NC(=O)CSc1nnc([C@@H](C)NC(=O)c2ccccc2Cl)n1C. The van der Waals surface area contributed by atoms with Crippen molar-refractivity contribution in [2.24, 2.45) is 7.05 Å². The Morgan fingerprint density at radius 3 is 2.58 bits per heavy atom. The van der Waals surface area contributed by atoms with Crippen molar-refractivity contribution in [3.8, 4) is 0 Å². The lowest BCUT2D eigenvalue weighted by atomic mass is 10.1. The Balaban J connectivity index is 1.60. The van der Waals surface area contributed by atoms with Gasteiger partial charge in [0, 0.05) is 12.7 Å². The lowest BCUT2D eigenvalue weighted by Crippen LogP contribution is -2.28. The summed E-state index contributed by atoms with van der Waals surface area (Å²) in [5.41, 5.74) is 2.31. The van der Waals surface area contributed by atoms with Crippen molar-refractivity contribution >= 4 is 40.9 Å². The highest BCUT2D eigenvalue weighted by molar-refractivity contribution is 7.99. The zero-order valence-electron chi connectivity index (χ0n) is 17.6. The van der Waals surface area contributed by atoms with E-state index in [1.165, 1.54) is 11.8 Å². The molecule has 0 aliphatic rings. The number of nitrogens with zero attached hydrogens (tertiary/aromatic N) is 3. The predicted octanol–water partition coefficient (Wildman–Crippen LogP) is 4.25. The molecule has 1 atom stereocenters. The number of thioether (sulfide) groups is 1. The van der Waals surface area contributed by atoms with Crippen molar-refractivity contribution in [3.05, 3.63) is 70.5 Å². The lowest BCUT2D eigenvalue weighted by molar-refractivity contribution is -0.113. The Bertz CT molecular complexity index is 1090. The van der Waals surface area contributed by atoms with Gasteiger partial charge in [-0.1, -0.05) is 60.6 Å². The largest absolute Gasteiger partial charge is 0.342 e. The molecule has 0 radical (unpaired) electrons. The maximum Gasteiger partial charge on any atom is 0.253 e. The van der Waals surface area contributed by atoms with Crippen LogP contribution in [0.5, 0.6) is 0 Å². The maximum atomic E-state index is 12.5. The van der Waals surface area contributed by atoms with E-state index in [2.05, 4.69) is 20.8 Å². The second-order valence-corrected chi connectivity index (χ2v) is 8.27. The summed E-state index contributed by atoms with van der Waals surface area (Å²) in [5, 5.41) is 15.2. The van der Waals surface area contributed by atoms with Crippen molar-refractivity contribution in [1.29, 1.82) is 0 Å². The second kappa shape index (κ2) is 10.5. The third-order valence-corrected chi connectivity index (χ3v) is 6.08. The van der Waals surface area contributed by atoms with Crippen molar-refractivity contribution in [1.82, 2.24) is 20.1 Å². The molecule has 9 heteroatoms. The molecule has 7 nitrogen and oxygen atoms in total. The number of benzene rings is 2. The summed E-state index contributed by atoms with van der Waals surface area (Å²) in [6.07, 6.45) is 0.841. The van der Waals surface area contributed by atoms with E-state index >= 15 is 0 Å². The van der Waals surface area contributed by atoms with Gasteiger partial charge in [0.15, 0.2) is 11.0 Å². The Kier molecular flexibility index (Phi) is 7.70. The summed E-state index contributed by atoms with van der Waals surface area (Å²) in [6, 6.07) is 14.2. The van der Waals surface area contributed by atoms with E-state index in [-0.39, 0.29) is 23.6 Å². The topological polar surface area (TPSA) is 88.9 Å². The molecule has 2 N–H and O–H groups in total. The third kappa shape index (κ3) is 5.65. The van der Waals surface area contributed by atoms with Crippen LogP contribution in [0.15, 0.2) is 53.7 Å². The highest BCUT2D eigenvalue weighted by atomic mass is 35.5. The second-order valence-electron chi connectivity index (χ2n) is 6.92. The average Bonchev–Trinajstić information content (AvgIpc) is 3.13. The lowest BCUT2D eigenvalue weighted by Gasteiger charge is -2.14. The standard InChI is InChI=1S/C22H24ClN5O2S/c1-4-15-9-5-8-12-18(15)25-19(29)13-31-22-27-26-20(28(22)3)14(2)24-21(30)16-10-6-7-11-17(16)23/h5-12,14H,4,13H2,1-3H3,(H,24,30)(H,25,29)/t14-/m1/s1. The number of aryl methyl sites for hydroxylation is 1. The number of hydrogen-bond donors (Lipinski definition) is 2. The van der Waals surface area contributed by atoms with Crippen molar-refractivity contribution in [3.63, 3.8) is 0 Å². The fourth-order valence-electron chi connectivity index (χ4n) is 3.08. The van der Waals surface area contributed by atoms with Crippen LogP contribution < -0.4 is 10.6 Å². The summed E-state index contributed by atoms with van der Waals surface area (Å²) >= 11 is 7.38. The molecule has 0 fully saturated rings. The Labute approximate surface area is 190 Å². The van der Waals surface area contributed by atoms with Crippen LogP contribution in [0.4, 0.5) is 5.69 Å². The molecule has 0 saturated heterocycles. The van der Waals surface area contributed by atoms with Crippen LogP contribution in [0.25, 0.3) is 0 Å². The van der Waals surface area contributed by atoms with Crippen LogP contribution in [-0.2, 0) is 18.3 Å². The van der Waals surface area contributed by atoms with Gasteiger partial charge in [-0.2, -0.15) is 0 Å². The monoisotopic (exact) mass is 457 g/mol. The molecule has 0 aliphatic heterocycles. The average molecular weight is 458 g/mol. The minimum atomic E-state index is -0.388. The summed E-state index contributed by atoms with van der Waals surface area (Å²) in [4.78, 5) is 24.9. The fourth-order valence-corrected chi connectivity index (χ4v) is 4.02. The molecular weight excluding hydrogens is 434 g/mol. The Morgan fingerprint density at radius 1 is 1.13 bits per heavy atom. The zero-order chi connectivity index (χ0) is 22.4. The van der Waals surface area contributed by atoms with Gasteiger partial charge in [0.25, 0.3) is 5.91 Å². The van der Waals surface area contributed by atoms with Gasteiger partial charge in [-0.05, 0) is 37.1 Å².